The average Bonchev–Trinajstić information content (AvgIpc) is 2.07. The van der Waals surface area contributed by atoms with Gasteiger partial charge in [0.1, 0.15) is 12.0 Å². The van der Waals surface area contributed by atoms with E-state index in [0.717, 1.165) is 0 Å². The first-order valence-corrected chi connectivity index (χ1v) is 3.16. The number of esters is 1. The van der Waals surface area contributed by atoms with Gasteiger partial charge < -0.3 is 9.84 Å². The van der Waals surface area contributed by atoms with Crippen molar-refractivity contribution in [3.05, 3.63) is 12.2 Å². The second-order valence-electron chi connectivity index (χ2n) is 2.45. The molecular formula is C7H8O4. The second-order valence-corrected chi connectivity index (χ2v) is 2.45. The first-order chi connectivity index (χ1) is 5.04. The first kappa shape index (κ1) is 7.78. The summed E-state index contributed by atoms with van der Waals surface area (Å²) in [5.74, 6) is -2.54. The molecule has 0 aliphatic carbocycles. The molecule has 2 atom stereocenters. The quantitative estimate of drug-likeness (QED) is 0.434. The summed E-state index contributed by atoms with van der Waals surface area (Å²) < 4.78 is 4.63. The Balaban J connectivity index is 2.88. The van der Waals surface area contributed by atoms with Gasteiger partial charge in [-0.1, -0.05) is 6.58 Å². The highest BCUT2D eigenvalue weighted by Gasteiger charge is 2.40. The minimum atomic E-state index is -1.06. The number of hydrogen-bond acceptors (Lipinski definition) is 3. The van der Waals surface area contributed by atoms with E-state index in [0.29, 0.717) is 0 Å². The van der Waals surface area contributed by atoms with E-state index in [1.807, 2.05) is 0 Å². The molecule has 1 rings (SSSR count). The molecule has 1 N–H and O–H groups in total. The summed E-state index contributed by atoms with van der Waals surface area (Å²) in [6.07, 6.45) is -0.590. The summed E-state index contributed by atoms with van der Waals surface area (Å²) in [6, 6.07) is 0. The number of carboxylic acids is 1. The van der Waals surface area contributed by atoms with Crippen molar-refractivity contribution in [1.82, 2.24) is 0 Å². The third-order valence-corrected chi connectivity index (χ3v) is 1.67. The molecule has 1 aliphatic rings. The van der Waals surface area contributed by atoms with Gasteiger partial charge in [-0.05, 0) is 6.92 Å². The minimum absolute atomic E-state index is 0.0324. The third kappa shape index (κ3) is 1.11. The van der Waals surface area contributed by atoms with Crippen LogP contribution in [0.25, 0.3) is 0 Å². The molecular weight excluding hydrogens is 148 g/mol. The summed E-state index contributed by atoms with van der Waals surface area (Å²) in [7, 11) is 0. The van der Waals surface area contributed by atoms with Crippen molar-refractivity contribution >= 4 is 11.9 Å². The second kappa shape index (κ2) is 2.38. The van der Waals surface area contributed by atoms with Gasteiger partial charge in [0.15, 0.2) is 0 Å². The largest absolute Gasteiger partial charge is 0.481 e. The maximum Gasteiger partial charge on any atom is 0.334 e. The van der Waals surface area contributed by atoms with Crippen LogP contribution in [0.1, 0.15) is 6.92 Å². The molecule has 1 aliphatic heterocycles. The number of carbonyl (C=O) groups is 2. The Hall–Kier alpha value is -1.32. The lowest BCUT2D eigenvalue weighted by Gasteiger charge is -2.05. The van der Waals surface area contributed by atoms with Gasteiger partial charge in [0.2, 0.25) is 0 Å². The van der Waals surface area contributed by atoms with E-state index >= 15 is 0 Å². The molecule has 0 unspecified atom stereocenters. The molecule has 11 heavy (non-hydrogen) atoms. The monoisotopic (exact) mass is 156 g/mol. The average molecular weight is 156 g/mol. The molecule has 60 valence electrons. The Morgan fingerprint density at radius 3 is 2.45 bits per heavy atom. The van der Waals surface area contributed by atoms with Crippen LogP contribution in [0.5, 0.6) is 0 Å². The van der Waals surface area contributed by atoms with Crippen molar-refractivity contribution in [1.29, 1.82) is 0 Å². The normalized spacial score (nSPS) is 30.3. The van der Waals surface area contributed by atoms with Gasteiger partial charge in [0, 0.05) is 5.57 Å². The molecule has 4 nitrogen and oxygen atoms in total. The Labute approximate surface area is 63.5 Å². The van der Waals surface area contributed by atoms with Crippen LogP contribution in [-0.4, -0.2) is 23.1 Å². The zero-order valence-electron chi connectivity index (χ0n) is 6.03. The summed E-state index contributed by atoms with van der Waals surface area (Å²) in [5, 5.41) is 8.58. The number of carboxylic acid groups (broad SMARTS) is 1. The number of hydrogen-bond donors (Lipinski definition) is 1. The van der Waals surface area contributed by atoms with E-state index in [1.54, 1.807) is 0 Å². The molecule has 1 saturated heterocycles. The molecule has 0 spiro atoms. The van der Waals surface area contributed by atoms with E-state index in [1.165, 1.54) is 6.92 Å². The van der Waals surface area contributed by atoms with Crippen LogP contribution in [-0.2, 0) is 14.3 Å². The maximum atomic E-state index is 10.7. The highest BCUT2D eigenvalue weighted by atomic mass is 16.6. The van der Waals surface area contributed by atoms with Gasteiger partial charge in [0.25, 0.3) is 0 Å². The van der Waals surface area contributed by atoms with E-state index in [-0.39, 0.29) is 5.57 Å². The Morgan fingerprint density at radius 1 is 1.73 bits per heavy atom. The lowest BCUT2D eigenvalue weighted by atomic mass is 9.99. The van der Waals surface area contributed by atoms with Crippen molar-refractivity contribution in [2.45, 2.75) is 13.0 Å². The van der Waals surface area contributed by atoms with Gasteiger partial charge in [-0.3, -0.25) is 4.79 Å². The molecule has 0 aromatic rings. The van der Waals surface area contributed by atoms with E-state index in [4.69, 9.17) is 5.11 Å². The zero-order chi connectivity index (χ0) is 8.59. The van der Waals surface area contributed by atoms with Crippen LogP contribution >= 0.6 is 0 Å². The summed E-state index contributed by atoms with van der Waals surface area (Å²) >= 11 is 0. The van der Waals surface area contributed by atoms with E-state index in [2.05, 4.69) is 11.3 Å². The van der Waals surface area contributed by atoms with Gasteiger partial charge in [0.05, 0.1) is 0 Å². The summed E-state index contributed by atoms with van der Waals surface area (Å²) in [4.78, 5) is 21.2. The van der Waals surface area contributed by atoms with Gasteiger partial charge in [-0.25, -0.2) is 4.79 Å². The lowest BCUT2D eigenvalue weighted by molar-refractivity contribution is -0.143. The van der Waals surface area contributed by atoms with E-state index in [9.17, 15) is 9.59 Å². The van der Waals surface area contributed by atoms with Crippen molar-refractivity contribution in [2.75, 3.05) is 0 Å². The topological polar surface area (TPSA) is 63.6 Å². The Bertz CT molecular complexity index is 231. The van der Waals surface area contributed by atoms with Crippen molar-refractivity contribution < 1.29 is 19.4 Å². The standard InChI is InChI=1S/C7H8O4/c1-3-5(6(8)9)4(2)11-7(3)10/h4-5H,1H2,2H3,(H,8,9)/t4-,5+/m0/s1. The van der Waals surface area contributed by atoms with Gasteiger partial charge in [-0.15, -0.1) is 0 Å². The minimum Gasteiger partial charge on any atom is -0.481 e. The third-order valence-electron chi connectivity index (χ3n) is 1.67. The Kier molecular flexibility index (Phi) is 1.68. The smallest absolute Gasteiger partial charge is 0.334 e. The Morgan fingerprint density at radius 2 is 2.27 bits per heavy atom. The molecule has 0 radical (unpaired) electrons. The highest BCUT2D eigenvalue weighted by molar-refractivity contribution is 5.97. The van der Waals surface area contributed by atoms with Gasteiger partial charge >= 0.3 is 11.9 Å². The summed E-state index contributed by atoms with van der Waals surface area (Å²) in [5.41, 5.74) is 0.0324. The lowest BCUT2D eigenvalue weighted by Crippen LogP contribution is -2.21. The van der Waals surface area contributed by atoms with Crippen molar-refractivity contribution in [3.63, 3.8) is 0 Å². The van der Waals surface area contributed by atoms with Crippen LogP contribution in [0.3, 0.4) is 0 Å². The highest BCUT2D eigenvalue weighted by Crippen LogP contribution is 2.25. The first-order valence-electron chi connectivity index (χ1n) is 3.16. The molecule has 4 heteroatoms. The molecule has 0 aromatic heterocycles. The number of cyclic esters (lactones) is 1. The predicted molar refractivity (Wildman–Crippen MR) is 35.8 cm³/mol. The fourth-order valence-corrected chi connectivity index (χ4v) is 1.07. The molecule has 0 saturated carbocycles. The number of ether oxygens (including phenoxy) is 1. The van der Waals surface area contributed by atoms with Crippen molar-refractivity contribution in [2.24, 2.45) is 5.92 Å². The molecule has 0 amide bonds. The maximum absolute atomic E-state index is 10.7. The molecule has 0 aromatic carbocycles. The molecule has 0 bridgehead atoms. The van der Waals surface area contributed by atoms with Crippen molar-refractivity contribution in [3.8, 4) is 0 Å². The molecule has 1 fully saturated rings. The van der Waals surface area contributed by atoms with Crippen LogP contribution in [0.4, 0.5) is 0 Å². The SMILES string of the molecule is C=C1C(=O)O[C@@H](C)[C@@H]1C(=O)O. The van der Waals surface area contributed by atoms with Crippen LogP contribution in [0.15, 0.2) is 12.2 Å². The zero-order valence-corrected chi connectivity index (χ0v) is 6.03. The fourth-order valence-electron chi connectivity index (χ4n) is 1.07. The number of aliphatic carboxylic acids is 1. The predicted octanol–water partition coefficient (Wildman–Crippen LogP) is 0.189. The number of carbonyl (C=O) groups excluding carboxylic acids is 1. The summed E-state index contributed by atoms with van der Waals surface area (Å²) in [6.45, 7) is 4.87. The fraction of sp³-hybridized carbons (Fsp3) is 0.429. The van der Waals surface area contributed by atoms with E-state index < -0.39 is 24.0 Å². The molecule has 1 heterocycles. The van der Waals surface area contributed by atoms with Crippen LogP contribution < -0.4 is 0 Å². The van der Waals surface area contributed by atoms with Gasteiger partial charge in [-0.2, -0.15) is 0 Å². The number of rotatable bonds is 1. The van der Waals surface area contributed by atoms with Crippen LogP contribution in [0, 0.1) is 5.92 Å². The van der Waals surface area contributed by atoms with Crippen LogP contribution in [0.2, 0.25) is 0 Å².